The number of nitrogens with two attached hydrogens (primary N) is 1. The van der Waals surface area contributed by atoms with Gasteiger partial charge in [-0.2, -0.15) is 0 Å². The Kier molecular flexibility index (Phi) is 6.56. The molecular weight excluding hydrogens is 240 g/mol. The first-order chi connectivity index (χ1) is 9.04. The van der Waals surface area contributed by atoms with Gasteiger partial charge in [0.05, 0.1) is 0 Å². The number of anilines is 1. The van der Waals surface area contributed by atoms with Crippen LogP contribution < -0.4 is 16.6 Å². The zero-order chi connectivity index (χ0) is 14.3. The summed E-state index contributed by atoms with van der Waals surface area (Å²) in [6, 6.07) is 0. The van der Waals surface area contributed by atoms with Crippen molar-refractivity contribution in [2.75, 3.05) is 18.4 Å². The van der Waals surface area contributed by atoms with Crippen LogP contribution in [0.4, 0.5) is 5.82 Å². The molecule has 1 aromatic heterocycles. The minimum atomic E-state index is -0.0388. The molecule has 0 aliphatic rings. The van der Waals surface area contributed by atoms with Gasteiger partial charge in [0, 0.05) is 25.5 Å². The molecule has 1 atom stereocenters. The van der Waals surface area contributed by atoms with Gasteiger partial charge in [-0.25, -0.2) is 4.98 Å². The number of rotatable bonds is 8. The number of nitrogens with zero attached hydrogens (tertiary/aromatic N) is 2. The second-order valence-electron chi connectivity index (χ2n) is 5.54. The van der Waals surface area contributed by atoms with Gasteiger partial charge < -0.3 is 15.6 Å². The van der Waals surface area contributed by atoms with Crippen LogP contribution in [0.1, 0.15) is 33.6 Å². The van der Waals surface area contributed by atoms with Crippen LogP contribution in [-0.2, 0) is 6.54 Å². The fourth-order valence-corrected chi connectivity index (χ4v) is 1.88. The van der Waals surface area contributed by atoms with Crippen LogP contribution in [0, 0.1) is 11.8 Å². The van der Waals surface area contributed by atoms with Crippen molar-refractivity contribution in [1.29, 1.82) is 0 Å². The summed E-state index contributed by atoms with van der Waals surface area (Å²) in [4.78, 5) is 16.2. The molecule has 108 valence electrons. The van der Waals surface area contributed by atoms with E-state index in [9.17, 15) is 4.79 Å². The van der Waals surface area contributed by atoms with Crippen molar-refractivity contribution in [2.45, 2.75) is 40.2 Å². The monoisotopic (exact) mass is 266 g/mol. The second-order valence-corrected chi connectivity index (χ2v) is 5.54. The lowest BCUT2D eigenvalue weighted by molar-refractivity contribution is 0.508. The summed E-state index contributed by atoms with van der Waals surface area (Å²) in [5.41, 5.74) is 5.53. The highest BCUT2D eigenvalue weighted by Crippen LogP contribution is 2.04. The third-order valence-electron chi connectivity index (χ3n) is 3.04. The predicted octanol–water partition coefficient (Wildman–Crippen LogP) is 1.69. The van der Waals surface area contributed by atoms with Gasteiger partial charge in [0.2, 0.25) is 0 Å². The molecule has 1 aromatic rings. The Balaban J connectivity index is 2.52. The first kappa shape index (κ1) is 15.7. The highest BCUT2D eigenvalue weighted by atomic mass is 16.1. The minimum Gasteiger partial charge on any atom is -0.365 e. The molecule has 0 aliphatic heterocycles. The molecule has 0 aliphatic carbocycles. The molecular formula is C14H26N4O. The Bertz CT molecular complexity index is 428. The summed E-state index contributed by atoms with van der Waals surface area (Å²) in [5.74, 6) is 1.42. The van der Waals surface area contributed by atoms with E-state index < -0.39 is 0 Å². The zero-order valence-corrected chi connectivity index (χ0v) is 12.2. The van der Waals surface area contributed by atoms with Crippen molar-refractivity contribution in [2.24, 2.45) is 17.6 Å². The fourth-order valence-electron chi connectivity index (χ4n) is 1.88. The van der Waals surface area contributed by atoms with Crippen molar-refractivity contribution in [3.05, 3.63) is 22.7 Å². The Morgan fingerprint density at radius 1 is 1.42 bits per heavy atom. The zero-order valence-electron chi connectivity index (χ0n) is 12.2. The van der Waals surface area contributed by atoms with Gasteiger partial charge >= 0.3 is 0 Å². The molecule has 19 heavy (non-hydrogen) atoms. The van der Waals surface area contributed by atoms with Gasteiger partial charge in [-0.15, -0.1) is 0 Å². The molecule has 0 spiro atoms. The molecule has 5 nitrogen and oxygen atoms in total. The Morgan fingerprint density at radius 3 is 2.79 bits per heavy atom. The number of hydrogen-bond donors (Lipinski definition) is 2. The summed E-state index contributed by atoms with van der Waals surface area (Å²) in [5, 5.41) is 3.12. The second kappa shape index (κ2) is 7.94. The van der Waals surface area contributed by atoms with Crippen LogP contribution in [0.2, 0.25) is 0 Å². The number of aromatic nitrogens is 2. The average Bonchev–Trinajstić information content (AvgIpc) is 2.37. The van der Waals surface area contributed by atoms with Crippen LogP contribution in [0.3, 0.4) is 0 Å². The molecule has 1 unspecified atom stereocenters. The molecule has 5 heteroatoms. The van der Waals surface area contributed by atoms with Crippen molar-refractivity contribution >= 4 is 5.82 Å². The standard InChI is InChI=1S/C14H26N4O/c1-11(2)10-18-8-7-17-13(14(18)19)16-6-4-5-12(3)9-15/h7-8,11-12H,4-6,9-10,15H2,1-3H3,(H,16,17). The SMILES string of the molecule is CC(C)Cn1ccnc(NCCCC(C)CN)c1=O. The maximum atomic E-state index is 12.1. The van der Waals surface area contributed by atoms with Gasteiger partial charge in [0.25, 0.3) is 5.56 Å². The van der Waals surface area contributed by atoms with Crippen molar-refractivity contribution in [1.82, 2.24) is 9.55 Å². The summed E-state index contributed by atoms with van der Waals surface area (Å²) >= 11 is 0. The number of hydrogen-bond acceptors (Lipinski definition) is 4. The summed E-state index contributed by atoms with van der Waals surface area (Å²) in [7, 11) is 0. The van der Waals surface area contributed by atoms with Crippen LogP contribution >= 0.6 is 0 Å². The maximum Gasteiger partial charge on any atom is 0.293 e. The van der Waals surface area contributed by atoms with E-state index in [2.05, 4.69) is 31.1 Å². The third kappa shape index (κ3) is 5.42. The van der Waals surface area contributed by atoms with Crippen LogP contribution in [0.25, 0.3) is 0 Å². The van der Waals surface area contributed by atoms with Gasteiger partial charge in [0.15, 0.2) is 5.82 Å². The Morgan fingerprint density at radius 2 is 2.16 bits per heavy atom. The van der Waals surface area contributed by atoms with Gasteiger partial charge in [0.1, 0.15) is 0 Å². The quantitative estimate of drug-likeness (QED) is 0.702. The number of nitrogens with one attached hydrogen (secondary N) is 1. The van der Waals surface area contributed by atoms with Crippen LogP contribution in [0.15, 0.2) is 17.2 Å². The first-order valence-corrected chi connectivity index (χ1v) is 7.04. The van der Waals surface area contributed by atoms with E-state index in [0.717, 1.165) is 25.9 Å². The highest BCUT2D eigenvalue weighted by Gasteiger charge is 2.06. The van der Waals surface area contributed by atoms with Gasteiger partial charge in [-0.05, 0) is 31.2 Å². The van der Waals surface area contributed by atoms with E-state index in [1.807, 2.05) is 0 Å². The van der Waals surface area contributed by atoms with Crippen molar-refractivity contribution < 1.29 is 0 Å². The van der Waals surface area contributed by atoms with E-state index in [1.54, 1.807) is 17.0 Å². The van der Waals surface area contributed by atoms with E-state index in [4.69, 9.17) is 5.73 Å². The average molecular weight is 266 g/mol. The van der Waals surface area contributed by atoms with E-state index in [1.165, 1.54) is 0 Å². The van der Waals surface area contributed by atoms with E-state index in [0.29, 0.717) is 24.2 Å². The molecule has 0 saturated carbocycles. The fraction of sp³-hybridized carbons (Fsp3) is 0.714. The lowest BCUT2D eigenvalue weighted by Gasteiger charge is -2.11. The maximum absolute atomic E-state index is 12.1. The Labute approximate surface area is 115 Å². The predicted molar refractivity (Wildman–Crippen MR) is 79.3 cm³/mol. The molecule has 0 amide bonds. The van der Waals surface area contributed by atoms with Crippen LogP contribution in [0.5, 0.6) is 0 Å². The molecule has 3 N–H and O–H groups in total. The molecule has 0 aromatic carbocycles. The molecule has 0 bridgehead atoms. The first-order valence-electron chi connectivity index (χ1n) is 7.04. The molecule has 0 radical (unpaired) electrons. The largest absolute Gasteiger partial charge is 0.365 e. The minimum absolute atomic E-state index is 0.0388. The normalized spacial score (nSPS) is 12.7. The van der Waals surface area contributed by atoms with E-state index >= 15 is 0 Å². The molecule has 0 saturated heterocycles. The molecule has 0 fully saturated rings. The van der Waals surface area contributed by atoms with Gasteiger partial charge in [-0.3, -0.25) is 4.79 Å². The summed E-state index contributed by atoms with van der Waals surface area (Å²) in [6.07, 6.45) is 5.48. The lowest BCUT2D eigenvalue weighted by atomic mass is 10.1. The lowest BCUT2D eigenvalue weighted by Crippen LogP contribution is -2.26. The van der Waals surface area contributed by atoms with Crippen molar-refractivity contribution in [3.63, 3.8) is 0 Å². The third-order valence-corrected chi connectivity index (χ3v) is 3.04. The van der Waals surface area contributed by atoms with Crippen molar-refractivity contribution in [3.8, 4) is 0 Å². The molecule has 1 rings (SSSR count). The Hall–Kier alpha value is -1.36. The van der Waals surface area contributed by atoms with E-state index in [-0.39, 0.29) is 5.56 Å². The smallest absolute Gasteiger partial charge is 0.293 e. The highest BCUT2D eigenvalue weighted by molar-refractivity contribution is 5.30. The van der Waals surface area contributed by atoms with Crippen LogP contribution in [-0.4, -0.2) is 22.6 Å². The summed E-state index contributed by atoms with van der Waals surface area (Å²) < 4.78 is 1.71. The molecule has 1 heterocycles. The summed E-state index contributed by atoms with van der Waals surface area (Å²) in [6.45, 7) is 8.52. The van der Waals surface area contributed by atoms with Gasteiger partial charge in [-0.1, -0.05) is 20.8 Å². The topological polar surface area (TPSA) is 72.9 Å².